The lowest BCUT2D eigenvalue weighted by atomic mass is 10.1. The predicted octanol–water partition coefficient (Wildman–Crippen LogP) is 3.69. The molecule has 2 N–H and O–H groups in total. The fraction of sp³-hybridized carbons (Fsp3) is 0.227. The number of halogens is 1. The summed E-state index contributed by atoms with van der Waals surface area (Å²) in [6.07, 6.45) is 5.19. The van der Waals surface area contributed by atoms with E-state index in [1.54, 1.807) is 12.1 Å². The first-order chi connectivity index (χ1) is 14.6. The third kappa shape index (κ3) is 3.31. The summed E-state index contributed by atoms with van der Waals surface area (Å²) in [6.45, 7) is 1.07. The molecule has 2 atom stereocenters. The van der Waals surface area contributed by atoms with Crippen molar-refractivity contribution < 1.29 is 19.3 Å². The third-order valence-electron chi connectivity index (χ3n) is 5.15. The van der Waals surface area contributed by atoms with Crippen LogP contribution < -0.4 is 19.5 Å². The number of fused-ring (bicyclic) bond motifs is 2. The highest BCUT2D eigenvalue weighted by Crippen LogP contribution is 2.36. The van der Waals surface area contributed by atoms with Gasteiger partial charge in [-0.05, 0) is 42.5 Å². The molecule has 2 aromatic carbocycles. The monoisotopic (exact) mass is 425 g/mol. The van der Waals surface area contributed by atoms with Crippen LogP contribution >= 0.6 is 11.6 Å². The molecule has 0 spiro atoms. The van der Waals surface area contributed by atoms with Crippen LogP contribution in [0.15, 0.2) is 64.8 Å². The smallest absolute Gasteiger partial charge is 0.163 e. The summed E-state index contributed by atoms with van der Waals surface area (Å²) in [5.41, 5.74) is 2.51. The Kier molecular flexibility index (Phi) is 4.67. The number of ether oxygens (including phenoxy) is 3. The molecule has 3 aliphatic heterocycles. The van der Waals surface area contributed by atoms with Crippen LogP contribution in [0.4, 0.5) is 5.69 Å². The molecule has 154 valence electrons. The van der Waals surface area contributed by atoms with Crippen LogP contribution in [0.3, 0.4) is 0 Å². The van der Waals surface area contributed by atoms with Crippen LogP contribution in [0, 0.1) is 0 Å². The number of anilines is 1. The van der Waals surface area contributed by atoms with E-state index in [1.807, 2.05) is 47.5 Å². The zero-order valence-electron chi connectivity index (χ0n) is 16.2. The molecule has 2 aromatic rings. The molecule has 8 heteroatoms. The van der Waals surface area contributed by atoms with Gasteiger partial charge < -0.3 is 29.5 Å². The van der Waals surface area contributed by atoms with Gasteiger partial charge in [0.15, 0.2) is 23.0 Å². The van der Waals surface area contributed by atoms with Crippen LogP contribution in [0.2, 0.25) is 0 Å². The maximum absolute atomic E-state index is 9.98. The van der Waals surface area contributed by atoms with Gasteiger partial charge in [-0.15, -0.1) is 0 Å². The number of hydrogen-bond acceptors (Lipinski definition) is 7. The Labute approximate surface area is 178 Å². The number of nitrogens with zero attached hydrogens (tertiary/aromatic N) is 2. The number of benzene rings is 2. The minimum Gasteiger partial charge on any atom is -0.504 e. The number of aliphatic imine (C=N–C) groups is 1. The topological polar surface area (TPSA) is 75.6 Å². The highest BCUT2D eigenvalue weighted by atomic mass is 35.5. The summed E-state index contributed by atoms with van der Waals surface area (Å²) in [5, 5.41) is 14.1. The molecule has 5 rings (SSSR count). The van der Waals surface area contributed by atoms with E-state index in [1.165, 1.54) is 7.11 Å². The molecule has 0 saturated heterocycles. The van der Waals surface area contributed by atoms with E-state index in [4.69, 9.17) is 30.8 Å². The number of phenols is 1. The first-order valence-corrected chi connectivity index (χ1v) is 9.94. The summed E-state index contributed by atoms with van der Waals surface area (Å²) in [5.74, 6) is 1.91. The van der Waals surface area contributed by atoms with E-state index >= 15 is 0 Å². The van der Waals surface area contributed by atoms with E-state index in [9.17, 15) is 5.11 Å². The van der Waals surface area contributed by atoms with E-state index in [2.05, 4.69) is 5.32 Å². The Bertz CT molecular complexity index is 1080. The molecular weight excluding hydrogens is 406 g/mol. The minimum absolute atomic E-state index is 0.0803. The Hall–Kier alpha value is -3.32. The van der Waals surface area contributed by atoms with Crippen molar-refractivity contribution in [1.29, 1.82) is 0 Å². The maximum Gasteiger partial charge on any atom is 0.163 e. The van der Waals surface area contributed by atoms with E-state index in [0.29, 0.717) is 29.7 Å². The molecule has 0 bridgehead atoms. The molecule has 0 saturated carbocycles. The van der Waals surface area contributed by atoms with Gasteiger partial charge in [0.1, 0.15) is 25.5 Å². The van der Waals surface area contributed by atoms with Gasteiger partial charge >= 0.3 is 0 Å². The number of nitrogens with one attached hydrogen (secondary N) is 1. The summed E-state index contributed by atoms with van der Waals surface area (Å²) >= 11 is 6.27. The van der Waals surface area contributed by atoms with Crippen molar-refractivity contribution in [1.82, 2.24) is 4.90 Å². The van der Waals surface area contributed by atoms with Gasteiger partial charge in [-0.1, -0.05) is 11.6 Å². The predicted molar refractivity (Wildman–Crippen MR) is 115 cm³/mol. The number of hydrogen-bond donors (Lipinski definition) is 2. The standard InChI is InChI=1S/C22H20ClN3O4/c1-28-18-10-13(2-5-16(18)27)21-22(26-12-14(23)3-7-20(26)25-21)24-15-4-6-17-19(11-15)30-9-8-29-17/h2-7,10-12,20,22,24,27H,8-9H2,1H3. The highest BCUT2D eigenvalue weighted by Gasteiger charge is 2.36. The van der Waals surface area contributed by atoms with E-state index < -0.39 is 0 Å². The SMILES string of the molecule is COc1cc(C2=NC3C=CC(Cl)=CN3C2Nc2ccc3c(c2)OCCO3)ccc1O. The Morgan fingerprint density at radius 1 is 1.17 bits per heavy atom. The molecular formula is C22H20ClN3O4. The second-order valence-corrected chi connectivity index (χ2v) is 7.48. The van der Waals surface area contributed by atoms with Crippen molar-refractivity contribution in [2.45, 2.75) is 12.3 Å². The van der Waals surface area contributed by atoms with Crippen LogP contribution in [-0.4, -0.2) is 48.4 Å². The molecule has 3 aliphatic rings. The molecule has 0 radical (unpaired) electrons. The molecule has 2 unspecified atom stereocenters. The molecule has 0 aliphatic carbocycles. The first-order valence-electron chi connectivity index (χ1n) is 9.56. The van der Waals surface area contributed by atoms with Crippen molar-refractivity contribution in [3.63, 3.8) is 0 Å². The van der Waals surface area contributed by atoms with Gasteiger partial charge in [-0.3, -0.25) is 4.99 Å². The number of aromatic hydroxyl groups is 1. The van der Waals surface area contributed by atoms with Crippen LogP contribution in [0.25, 0.3) is 0 Å². The zero-order chi connectivity index (χ0) is 20.7. The number of rotatable bonds is 4. The lowest BCUT2D eigenvalue weighted by Crippen LogP contribution is -2.42. The van der Waals surface area contributed by atoms with E-state index in [0.717, 1.165) is 22.7 Å². The molecule has 30 heavy (non-hydrogen) atoms. The number of methoxy groups -OCH3 is 1. The van der Waals surface area contributed by atoms with Crippen molar-refractivity contribution in [3.05, 3.63) is 65.3 Å². The third-order valence-corrected chi connectivity index (χ3v) is 5.38. The summed E-state index contributed by atoms with van der Waals surface area (Å²) in [6, 6.07) is 11.0. The number of allylic oxidation sites excluding steroid dienone is 2. The van der Waals surface area contributed by atoms with Gasteiger partial charge in [0.2, 0.25) is 0 Å². The van der Waals surface area contributed by atoms with Gasteiger partial charge in [0.05, 0.1) is 17.9 Å². The Balaban J connectivity index is 1.51. The van der Waals surface area contributed by atoms with Crippen molar-refractivity contribution in [3.8, 4) is 23.0 Å². The molecule has 3 heterocycles. The second-order valence-electron chi connectivity index (χ2n) is 7.04. The number of phenolic OH excluding ortho intramolecular Hbond substituents is 1. The van der Waals surface area contributed by atoms with Gasteiger partial charge in [-0.2, -0.15) is 0 Å². The van der Waals surface area contributed by atoms with Crippen LogP contribution in [-0.2, 0) is 0 Å². The summed E-state index contributed by atoms with van der Waals surface area (Å²) in [4.78, 5) is 6.93. The molecule has 0 fully saturated rings. The van der Waals surface area contributed by atoms with Gasteiger partial charge in [-0.25, -0.2) is 0 Å². The van der Waals surface area contributed by atoms with Gasteiger partial charge in [0, 0.05) is 23.5 Å². The zero-order valence-corrected chi connectivity index (χ0v) is 17.0. The fourth-order valence-electron chi connectivity index (χ4n) is 3.73. The lowest BCUT2D eigenvalue weighted by Gasteiger charge is -2.31. The second kappa shape index (κ2) is 7.50. The maximum atomic E-state index is 9.98. The fourth-order valence-corrected chi connectivity index (χ4v) is 3.92. The normalized spacial score (nSPS) is 21.6. The lowest BCUT2D eigenvalue weighted by molar-refractivity contribution is 0.171. The quantitative estimate of drug-likeness (QED) is 0.778. The minimum atomic E-state index is -0.287. The van der Waals surface area contributed by atoms with Crippen LogP contribution in [0.1, 0.15) is 5.56 Å². The molecule has 0 amide bonds. The Morgan fingerprint density at radius 2 is 2.00 bits per heavy atom. The average Bonchev–Trinajstić information content (AvgIpc) is 3.11. The van der Waals surface area contributed by atoms with Crippen LogP contribution in [0.5, 0.6) is 23.0 Å². The molecule has 7 nitrogen and oxygen atoms in total. The van der Waals surface area contributed by atoms with Crippen molar-refractivity contribution in [2.24, 2.45) is 4.99 Å². The Morgan fingerprint density at radius 3 is 2.83 bits per heavy atom. The van der Waals surface area contributed by atoms with E-state index in [-0.39, 0.29) is 18.1 Å². The van der Waals surface area contributed by atoms with Gasteiger partial charge in [0.25, 0.3) is 0 Å². The molecule has 0 aromatic heterocycles. The highest BCUT2D eigenvalue weighted by molar-refractivity contribution is 6.31. The summed E-state index contributed by atoms with van der Waals surface area (Å²) < 4.78 is 16.6. The average molecular weight is 426 g/mol. The van der Waals surface area contributed by atoms with Crippen molar-refractivity contribution in [2.75, 3.05) is 25.6 Å². The first kappa shape index (κ1) is 18.7. The largest absolute Gasteiger partial charge is 0.504 e. The summed E-state index contributed by atoms with van der Waals surface area (Å²) in [7, 11) is 1.52. The van der Waals surface area contributed by atoms with Crippen molar-refractivity contribution >= 4 is 23.0 Å².